The number of fused-ring (bicyclic) bond motifs is 4. The second-order valence-corrected chi connectivity index (χ2v) is 10.7. The maximum Gasteiger partial charge on any atom is 0.143 e. The molecule has 8 aromatic carbocycles. The fourth-order valence-electron chi connectivity index (χ4n) is 6.27. The summed E-state index contributed by atoms with van der Waals surface area (Å²) in [7, 11) is 0. The summed E-state index contributed by atoms with van der Waals surface area (Å²) < 4.78 is 124. The second kappa shape index (κ2) is 10.4. The molecule has 210 valence electrons. The Morgan fingerprint density at radius 1 is 0.400 bits per heavy atom. The zero-order valence-corrected chi connectivity index (χ0v) is 23.6. The lowest BCUT2D eigenvalue weighted by Gasteiger charge is -2.18. The Kier molecular flexibility index (Phi) is 3.62. The lowest BCUT2D eigenvalue weighted by atomic mass is 9.84. The zero-order valence-electron chi connectivity index (χ0n) is 36.6. The van der Waals surface area contributed by atoms with Crippen molar-refractivity contribution in [1.29, 1.82) is 0 Å². The predicted molar refractivity (Wildman–Crippen MR) is 190 cm³/mol. The molecule has 1 aromatic heterocycles. The van der Waals surface area contributed by atoms with Crippen LogP contribution >= 0.6 is 0 Å². The molecule has 0 aliphatic carbocycles. The van der Waals surface area contributed by atoms with Gasteiger partial charge in [0, 0.05) is 22.1 Å². The summed E-state index contributed by atoms with van der Waals surface area (Å²) in [6, 6.07) is 19.7. The molecule has 9 rings (SSSR count). The first-order chi connectivity index (χ1) is 27.7. The Balaban J connectivity index is 1.63. The van der Waals surface area contributed by atoms with Gasteiger partial charge in [-0.2, -0.15) is 0 Å². The number of hydrogen-bond acceptors (Lipinski definition) is 1. The third-order valence-electron chi connectivity index (χ3n) is 8.20. The van der Waals surface area contributed by atoms with Gasteiger partial charge in [-0.15, -0.1) is 0 Å². The van der Waals surface area contributed by atoms with Crippen molar-refractivity contribution in [2.45, 2.75) is 0 Å². The van der Waals surface area contributed by atoms with Gasteiger partial charge in [0.2, 0.25) is 0 Å². The van der Waals surface area contributed by atoms with Crippen molar-refractivity contribution >= 4 is 43.3 Å². The minimum absolute atomic E-state index is 0.00649. The van der Waals surface area contributed by atoms with Crippen LogP contribution in [0, 0.1) is 0 Å². The average Bonchev–Trinajstić information content (AvgIpc) is 3.62. The third-order valence-corrected chi connectivity index (χ3v) is 8.20. The van der Waals surface area contributed by atoms with Crippen molar-refractivity contribution in [2.24, 2.45) is 0 Å². The molecule has 0 atom stereocenters. The standard InChI is InChI=1S/C44H28O/c1-3-14-29(15-4-1)32-26-27-40-39(28-32)43(44(45-40)38-25-13-19-30-16-7-8-20-33(30)38)42-36-23-11-9-21-34(36)41(31-17-5-2-6-18-31)35-22-10-12-24-37(35)42/h1-28H/i2D,5D,6D,9D,10D,11D,12D,17D,18D,21D,22D,23D,24D. The first-order valence-corrected chi connectivity index (χ1v) is 14.4. The molecule has 0 unspecified atom stereocenters. The molecule has 0 aliphatic heterocycles. The van der Waals surface area contributed by atoms with Gasteiger partial charge in [-0.05, 0) is 66.7 Å². The van der Waals surface area contributed by atoms with Gasteiger partial charge >= 0.3 is 0 Å². The Morgan fingerprint density at radius 2 is 1.02 bits per heavy atom. The smallest absolute Gasteiger partial charge is 0.143 e. The molecule has 0 N–H and O–H groups in total. The van der Waals surface area contributed by atoms with Crippen LogP contribution in [-0.2, 0) is 0 Å². The van der Waals surface area contributed by atoms with Crippen LogP contribution in [0.4, 0.5) is 0 Å². The molecule has 0 bridgehead atoms. The van der Waals surface area contributed by atoms with Crippen LogP contribution in [0.1, 0.15) is 17.8 Å². The number of furan rings is 1. The lowest BCUT2D eigenvalue weighted by molar-refractivity contribution is 0.633. The fraction of sp³-hybridized carbons (Fsp3) is 0. The Labute approximate surface area is 279 Å². The fourth-order valence-corrected chi connectivity index (χ4v) is 6.27. The quantitative estimate of drug-likeness (QED) is 0.187. The van der Waals surface area contributed by atoms with Crippen molar-refractivity contribution in [2.75, 3.05) is 0 Å². The minimum atomic E-state index is -0.726. The van der Waals surface area contributed by atoms with E-state index >= 15 is 0 Å². The van der Waals surface area contributed by atoms with Crippen LogP contribution in [0.25, 0.3) is 88.0 Å². The molecule has 0 saturated heterocycles. The summed E-state index contributed by atoms with van der Waals surface area (Å²) in [4.78, 5) is 0. The van der Waals surface area contributed by atoms with Gasteiger partial charge in [0.25, 0.3) is 0 Å². The molecule has 0 radical (unpaired) electrons. The van der Waals surface area contributed by atoms with Gasteiger partial charge in [0.05, 0.1) is 17.8 Å². The number of rotatable bonds is 4. The van der Waals surface area contributed by atoms with Crippen molar-refractivity contribution in [3.63, 3.8) is 0 Å². The maximum absolute atomic E-state index is 9.53. The molecule has 9 aromatic rings. The monoisotopic (exact) mass is 585 g/mol. The van der Waals surface area contributed by atoms with Crippen LogP contribution in [-0.4, -0.2) is 0 Å². The van der Waals surface area contributed by atoms with Crippen molar-refractivity contribution in [3.05, 3.63) is 170 Å². The van der Waals surface area contributed by atoms with Crippen LogP contribution < -0.4 is 0 Å². The third kappa shape index (κ3) is 4.09. The molecule has 0 amide bonds. The first kappa shape index (κ1) is 15.7. The molecule has 0 spiro atoms. The highest BCUT2D eigenvalue weighted by atomic mass is 16.3. The van der Waals surface area contributed by atoms with Gasteiger partial charge in [-0.3, -0.25) is 0 Å². The van der Waals surface area contributed by atoms with Crippen LogP contribution in [0.5, 0.6) is 0 Å². The molecule has 0 fully saturated rings. The van der Waals surface area contributed by atoms with Crippen LogP contribution in [0.2, 0.25) is 0 Å². The molecule has 0 aliphatic rings. The van der Waals surface area contributed by atoms with E-state index in [0.717, 1.165) is 21.9 Å². The van der Waals surface area contributed by atoms with E-state index in [0.29, 0.717) is 16.5 Å². The normalized spacial score (nSPS) is 15.6. The topological polar surface area (TPSA) is 13.1 Å². The molecule has 0 saturated carbocycles. The van der Waals surface area contributed by atoms with E-state index in [4.69, 9.17) is 16.8 Å². The Bertz CT molecular complexity index is 3150. The van der Waals surface area contributed by atoms with E-state index < -0.39 is 84.1 Å². The number of benzene rings is 8. The van der Waals surface area contributed by atoms with Gasteiger partial charge < -0.3 is 4.42 Å². The Morgan fingerprint density at radius 3 is 1.76 bits per heavy atom. The maximum atomic E-state index is 9.53. The van der Waals surface area contributed by atoms with Gasteiger partial charge in [0.15, 0.2) is 0 Å². The molecule has 45 heavy (non-hydrogen) atoms. The SMILES string of the molecule is [2H]c1c([2H])c([2H])c(-c2c3c([2H])c([2H])c([2H])c([2H])c3c(-c3c(-c4cccc5ccccc45)oc4ccc(-c5ccccc5)cc34)c3c([2H])c([2H])c([2H])c([2H])c23)c([2H])c1[2H]. The largest absolute Gasteiger partial charge is 0.455 e. The lowest BCUT2D eigenvalue weighted by Crippen LogP contribution is -1.92. The van der Waals surface area contributed by atoms with E-state index in [9.17, 15) is 5.48 Å². The highest BCUT2D eigenvalue weighted by Gasteiger charge is 2.25. The first-order valence-electron chi connectivity index (χ1n) is 20.9. The summed E-state index contributed by atoms with van der Waals surface area (Å²) in [6.45, 7) is 0. The van der Waals surface area contributed by atoms with Crippen LogP contribution in [0.3, 0.4) is 0 Å². The predicted octanol–water partition coefficient (Wildman–Crippen LogP) is 12.6. The summed E-state index contributed by atoms with van der Waals surface area (Å²) in [5.41, 5.74) is 2.09. The molecule has 1 heteroatoms. The highest BCUT2D eigenvalue weighted by molar-refractivity contribution is 6.25. The summed E-state index contributed by atoms with van der Waals surface area (Å²) in [5.74, 6) is 0.259. The minimum Gasteiger partial charge on any atom is -0.455 e. The Hall–Kier alpha value is -5.92. The average molecular weight is 586 g/mol. The second-order valence-electron chi connectivity index (χ2n) is 10.7. The zero-order chi connectivity index (χ0) is 41.1. The summed E-state index contributed by atoms with van der Waals surface area (Å²) in [6.07, 6.45) is 0. The van der Waals surface area contributed by atoms with E-state index in [1.54, 1.807) is 6.07 Å². The molecule has 1 nitrogen and oxygen atoms in total. The van der Waals surface area contributed by atoms with Gasteiger partial charge in [-0.1, -0.05) is 157 Å². The number of hydrogen-bond donors (Lipinski definition) is 0. The summed E-state index contributed by atoms with van der Waals surface area (Å²) in [5, 5.41) is 1.19. The molecule has 1 heterocycles. The van der Waals surface area contributed by atoms with E-state index in [1.807, 2.05) is 84.9 Å². The molecular formula is C44H28O. The van der Waals surface area contributed by atoms with Crippen molar-refractivity contribution in [1.82, 2.24) is 0 Å². The van der Waals surface area contributed by atoms with Crippen LogP contribution in [0.15, 0.2) is 174 Å². The van der Waals surface area contributed by atoms with E-state index in [1.165, 1.54) is 0 Å². The molecular weight excluding hydrogens is 544 g/mol. The van der Waals surface area contributed by atoms with E-state index in [-0.39, 0.29) is 44.0 Å². The van der Waals surface area contributed by atoms with E-state index in [2.05, 4.69) is 0 Å². The van der Waals surface area contributed by atoms with Crippen molar-refractivity contribution < 1.29 is 22.2 Å². The highest BCUT2D eigenvalue weighted by Crippen LogP contribution is 2.50. The van der Waals surface area contributed by atoms with Gasteiger partial charge in [0.1, 0.15) is 11.3 Å². The summed E-state index contributed by atoms with van der Waals surface area (Å²) >= 11 is 0. The van der Waals surface area contributed by atoms with Crippen molar-refractivity contribution in [3.8, 4) is 44.7 Å². The van der Waals surface area contributed by atoms with Gasteiger partial charge in [-0.25, -0.2) is 0 Å².